The van der Waals surface area contributed by atoms with E-state index in [2.05, 4.69) is 0 Å². The van der Waals surface area contributed by atoms with Crippen LogP contribution in [0.15, 0.2) is 24.3 Å². The molecule has 2 amide bonds. The van der Waals surface area contributed by atoms with Crippen molar-refractivity contribution in [1.29, 1.82) is 0 Å². The Morgan fingerprint density at radius 2 is 1.60 bits per heavy atom. The number of rotatable bonds is 3. The van der Waals surface area contributed by atoms with Crippen LogP contribution in [0.25, 0.3) is 0 Å². The molecule has 0 aromatic heterocycles. The molecule has 1 saturated carbocycles. The zero-order chi connectivity index (χ0) is 17.4. The normalized spacial score (nSPS) is 27.7. The molecule has 2 atom stereocenters. The number of quaternary nitrogens is 1. The summed E-state index contributed by atoms with van der Waals surface area (Å²) in [4.78, 5) is 30.0. The number of hydrogen-bond donors (Lipinski definition) is 1. The zero-order valence-electron chi connectivity index (χ0n) is 14.4. The maximum Gasteiger partial charge on any atom is 0.237 e. The van der Waals surface area contributed by atoms with Crippen LogP contribution in [0.3, 0.4) is 0 Å². The van der Waals surface area contributed by atoms with Gasteiger partial charge in [0, 0.05) is 0 Å². The number of carbonyl (C=O) groups is 2. The molecule has 0 bridgehead atoms. The molecule has 134 valence electrons. The molecule has 1 aromatic carbocycles. The number of piperazine rings is 1. The Kier molecular flexibility index (Phi) is 4.46. The van der Waals surface area contributed by atoms with Gasteiger partial charge in [-0.1, -0.05) is 25.0 Å². The lowest BCUT2D eigenvalue weighted by Gasteiger charge is -2.35. The molecule has 2 saturated heterocycles. The fourth-order valence-corrected chi connectivity index (χ4v) is 4.54. The number of fused-ring (bicyclic) bond motifs is 1. The minimum absolute atomic E-state index is 0.0405. The molecule has 3 fully saturated rings. The number of carbonyl (C=O) groups excluding carboxylic acids is 2. The van der Waals surface area contributed by atoms with Gasteiger partial charge in [0.15, 0.2) is 6.67 Å². The first-order valence-electron chi connectivity index (χ1n) is 9.33. The first kappa shape index (κ1) is 16.5. The Morgan fingerprint density at radius 1 is 1.00 bits per heavy atom. The zero-order valence-corrected chi connectivity index (χ0v) is 14.4. The van der Waals surface area contributed by atoms with Gasteiger partial charge in [-0.05, 0) is 25.0 Å². The van der Waals surface area contributed by atoms with Gasteiger partial charge in [-0.25, -0.2) is 9.29 Å². The average molecular weight is 346 g/mol. The molecule has 1 N–H and O–H groups in total. The van der Waals surface area contributed by atoms with Crippen molar-refractivity contribution in [3.05, 3.63) is 30.1 Å². The smallest absolute Gasteiger partial charge is 0.237 e. The van der Waals surface area contributed by atoms with E-state index in [1.165, 1.54) is 15.9 Å². The van der Waals surface area contributed by atoms with Crippen molar-refractivity contribution in [2.45, 2.75) is 25.7 Å². The first-order chi connectivity index (χ1) is 12.1. The fraction of sp³-hybridized carbons (Fsp3) is 0.579. The van der Waals surface area contributed by atoms with Crippen LogP contribution in [0.2, 0.25) is 0 Å². The number of para-hydroxylation sites is 1. The molecule has 0 unspecified atom stereocenters. The number of benzene rings is 1. The number of nitrogens with zero attached hydrogens (tertiary/aromatic N) is 2. The summed E-state index contributed by atoms with van der Waals surface area (Å²) >= 11 is 0. The number of amides is 2. The third-order valence-electron chi connectivity index (χ3n) is 5.98. The van der Waals surface area contributed by atoms with Crippen LogP contribution in [0.4, 0.5) is 10.1 Å². The van der Waals surface area contributed by atoms with E-state index in [9.17, 15) is 14.0 Å². The van der Waals surface area contributed by atoms with Gasteiger partial charge >= 0.3 is 0 Å². The molecule has 3 aliphatic rings. The molecule has 1 aromatic rings. The summed E-state index contributed by atoms with van der Waals surface area (Å²) in [6, 6.07) is 6.84. The first-order valence-corrected chi connectivity index (χ1v) is 9.33. The van der Waals surface area contributed by atoms with Crippen LogP contribution in [-0.2, 0) is 9.59 Å². The van der Waals surface area contributed by atoms with E-state index in [0.717, 1.165) is 51.9 Å². The van der Waals surface area contributed by atoms with E-state index in [1.54, 1.807) is 12.1 Å². The Bertz CT molecular complexity index is 648. The van der Waals surface area contributed by atoms with E-state index in [0.29, 0.717) is 12.4 Å². The summed E-state index contributed by atoms with van der Waals surface area (Å²) in [5.41, 5.74) is 0.640. The van der Waals surface area contributed by atoms with Gasteiger partial charge < -0.3 is 9.80 Å². The highest BCUT2D eigenvalue weighted by molar-refractivity contribution is 6.05. The number of nitrogens with one attached hydrogen (secondary N) is 1. The third-order valence-corrected chi connectivity index (χ3v) is 5.98. The molecule has 25 heavy (non-hydrogen) atoms. The molecule has 0 radical (unpaired) electrons. The average Bonchev–Trinajstić information content (AvgIpc) is 2.88. The molecule has 5 nitrogen and oxygen atoms in total. The monoisotopic (exact) mass is 346 g/mol. The third kappa shape index (κ3) is 3.03. The Hall–Kier alpha value is -1.95. The van der Waals surface area contributed by atoms with Gasteiger partial charge in [-0.2, -0.15) is 0 Å². The molecule has 4 rings (SSSR count). The minimum Gasteiger partial charge on any atom is -0.358 e. The van der Waals surface area contributed by atoms with Crippen molar-refractivity contribution in [3.63, 3.8) is 0 Å². The molecule has 2 heterocycles. The highest BCUT2D eigenvalue weighted by Gasteiger charge is 2.49. The second-order valence-electron chi connectivity index (χ2n) is 7.45. The van der Waals surface area contributed by atoms with E-state index in [-0.39, 0.29) is 29.5 Å². The fourth-order valence-electron chi connectivity index (χ4n) is 4.54. The Balaban J connectivity index is 1.37. The Morgan fingerprint density at radius 3 is 2.20 bits per heavy atom. The van der Waals surface area contributed by atoms with E-state index >= 15 is 0 Å². The maximum atomic E-state index is 13.9. The molecule has 6 heteroatoms. The highest BCUT2D eigenvalue weighted by atomic mass is 19.1. The van der Waals surface area contributed by atoms with Gasteiger partial charge in [0.1, 0.15) is 5.82 Å². The summed E-state index contributed by atoms with van der Waals surface area (Å²) in [6.45, 7) is 3.55. The van der Waals surface area contributed by atoms with Gasteiger partial charge in [0.05, 0.1) is 43.7 Å². The lowest BCUT2D eigenvalue weighted by Crippen LogP contribution is -3.16. The summed E-state index contributed by atoms with van der Waals surface area (Å²) in [5.74, 6) is -0.252. The maximum absolute atomic E-state index is 13.9. The van der Waals surface area contributed by atoms with Crippen molar-refractivity contribution in [1.82, 2.24) is 4.90 Å². The second kappa shape index (κ2) is 6.75. The van der Waals surface area contributed by atoms with Gasteiger partial charge in [-0.15, -0.1) is 0 Å². The van der Waals surface area contributed by atoms with E-state index in [1.807, 2.05) is 11.0 Å². The number of halogens is 1. The minimum atomic E-state index is -0.195. The van der Waals surface area contributed by atoms with Crippen molar-refractivity contribution in [2.24, 2.45) is 11.8 Å². The summed E-state index contributed by atoms with van der Waals surface area (Å²) in [7, 11) is 0. The number of anilines is 1. The standard InChI is InChI=1S/C19H24FN3O2/c20-16-7-3-4-8-17(16)22-11-9-21(10-12-22)13-23-18(24)14-5-1-2-6-15(14)19(23)25/h3-4,7-8,14-15H,1-2,5-6,9-13H2/p+1/t14-,15+. The lowest BCUT2D eigenvalue weighted by atomic mass is 9.81. The van der Waals surface area contributed by atoms with E-state index < -0.39 is 0 Å². The summed E-state index contributed by atoms with van der Waals surface area (Å²) < 4.78 is 13.9. The molecular formula is C19H25FN3O2+. The van der Waals surface area contributed by atoms with Crippen LogP contribution in [-0.4, -0.2) is 49.6 Å². The van der Waals surface area contributed by atoms with Crippen molar-refractivity contribution < 1.29 is 18.9 Å². The number of likely N-dealkylation sites (tertiary alicyclic amines) is 1. The van der Waals surface area contributed by atoms with Crippen LogP contribution in [0.1, 0.15) is 25.7 Å². The quantitative estimate of drug-likeness (QED) is 0.818. The lowest BCUT2D eigenvalue weighted by molar-refractivity contribution is -0.908. The molecule has 0 spiro atoms. The predicted octanol–water partition coefficient (Wildman–Crippen LogP) is 0.663. The summed E-state index contributed by atoms with van der Waals surface area (Å²) in [5, 5.41) is 0. The largest absolute Gasteiger partial charge is 0.358 e. The van der Waals surface area contributed by atoms with Crippen LogP contribution >= 0.6 is 0 Å². The summed E-state index contributed by atoms with van der Waals surface area (Å²) in [6.07, 6.45) is 3.84. The number of imide groups is 1. The Labute approximate surface area is 147 Å². The van der Waals surface area contributed by atoms with Gasteiger partial charge in [0.2, 0.25) is 11.8 Å². The molecule has 2 aliphatic heterocycles. The topological polar surface area (TPSA) is 45.1 Å². The van der Waals surface area contributed by atoms with Crippen molar-refractivity contribution in [3.8, 4) is 0 Å². The van der Waals surface area contributed by atoms with Crippen molar-refractivity contribution in [2.75, 3.05) is 37.7 Å². The van der Waals surface area contributed by atoms with Gasteiger partial charge in [0.25, 0.3) is 0 Å². The van der Waals surface area contributed by atoms with Gasteiger partial charge in [-0.3, -0.25) is 9.59 Å². The SMILES string of the molecule is O=C1[C@H]2CCCC[C@H]2C(=O)N1C[NH+]1CCN(c2ccccc2F)CC1. The van der Waals surface area contributed by atoms with Crippen molar-refractivity contribution >= 4 is 17.5 Å². The molecule has 1 aliphatic carbocycles. The van der Waals surface area contributed by atoms with E-state index in [4.69, 9.17) is 0 Å². The molecular weight excluding hydrogens is 321 g/mol. The van der Waals surface area contributed by atoms with Crippen LogP contribution in [0.5, 0.6) is 0 Å². The predicted molar refractivity (Wildman–Crippen MR) is 91.5 cm³/mol. The number of hydrogen-bond acceptors (Lipinski definition) is 3. The van der Waals surface area contributed by atoms with Crippen LogP contribution < -0.4 is 9.80 Å². The highest BCUT2D eigenvalue weighted by Crippen LogP contribution is 2.37. The van der Waals surface area contributed by atoms with Crippen LogP contribution in [0, 0.1) is 17.7 Å². The second-order valence-corrected chi connectivity index (χ2v) is 7.45.